The lowest BCUT2D eigenvalue weighted by Gasteiger charge is -2.27. The molecule has 178 valence electrons. The predicted molar refractivity (Wildman–Crippen MR) is 125 cm³/mol. The highest BCUT2D eigenvalue weighted by Crippen LogP contribution is 2.42. The molecule has 0 radical (unpaired) electrons. The van der Waals surface area contributed by atoms with Gasteiger partial charge in [0.15, 0.2) is 0 Å². The van der Waals surface area contributed by atoms with Crippen LogP contribution in [0.4, 0.5) is 11.4 Å². The Hall–Kier alpha value is -4.54. The van der Waals surface area contributed by atoms with E-state index in [-0.39, 0.29) is 24.3 Å². The van der Waals surface area contributed by atoms with Gasteiger partial charge in [0, 0.05) is 12.1 Å². The van der Waals surface area contributed by atoms with Gasteiger partial charge in [-0.15, -0.1) is 0 Å². The fourth-order valence-corrected chi connectivity index (χ4v) is 4.84. The summed E-state index contributed by atoms with van der Waals surface area (Å²) in [5, 5.41) is 13.5. The lowest BCUT2D eigenvalue weighted by atomic mass is 9.80. The predicted octanol–water partition coefficient (Wildman–Crippen LogP) is 1.99. The minimum Gasteiger partial charge on any atom is -0.274 e. The first-order chi connectivity index (χ1) is 16.8. The van der Waals surface area contributed by atoms with Gasteiger partial charge < -0.3 is 0 Å². The molecule has 1 aliphatic carbocycles. The second-order valence-electron chi connectivity index (χ2n) is 8.72. The van der Waals surface area contributed by atoms with Gasteiger partial charge in [-0.25, -0.2) is 28.8 Å². The van der Waals surface area contributed by atoms with Gasteiger partial charge in [0.1, 0.15) is 0 Å². The highest BCUT2D eigenvalue weighted by atomic mass is 16.6. The van der Waals surface area contributed by atoms with Crippen molar-refractivity contribution in [2.24, 2.45) is 11.8 Å². The first kappa shape index (κ1) is 22.3. The molecule has 11 nitrogen and oxygen atoms in total. The molecule has 2 amide bonds. The van der Waals surface area contributed by atoms with Gasteiger partial charge in [-0.2, -0.15) is 0 Å². The van der Waals surface area contributed by atoms with Gasteiger partial charge in [-0.05, 0) is 31.0 Å². The Kier molecular flexibility index (Phi) is 5.31. The van der Waals surface area contributed by atoms with Crippen LogP contribution in [0.2, 0.25) is 0 Å². The Bertz CT molecular complexity index is 1480. The molecule has 35 heavy (non-hydrogen) atoms. The maximum atomic E-state index is 13.2. The van der Waals surface area contributed by atoms with E-state index in [9.17, 15) is 29.3 Å². The number of benzene rings is 2. The number of fused-ring (bicyclic) bond motifs is 1. The summed E-state index contributed by atoms with van der Waals surface area (Å²) < 4.78 is 2.32. The molecule has 1 N–H and O–H groups in total. The number of imide groups is 1. The van der Waals surface area contributed by atoms with Gasteiger partial charge in [0.05, 0.1) is 35.0 Å². The van der Waals surface area contributed by atoms with Crippen molar-refractivity contribution in [2.45, 2.75) is 25.9 Å². The molecule has 0 spiro atoms. The lowest BCUT2D eigenvalue weighted by molar-refractivity contribution is -0.384. The van der Waals surface area contributed by atoms with Crippen molar-refractivity contribution in [1.82, 2.24) is 14.3 Å². The first-order valence-electron chi connectivity index (χ1n) is 11.0. The average Bonchev–Trinajstić information content (AvgIpc) is 3.26. The Morgan fingerprint density at radius 2 is 1.69 bits per heavy atom. The van der Waals surface area contributed by atoms with Crippen LogP contribution in [0.3, 0.4) is 0 Å². The quantitative estimate of drug-likeness (QED) is 0.259. The molecule has 1 fully saturated rings. The number of carbonyl (C=O) groups is 2. The van der Waals surface area contributed by atoms with Crippen LogP contribution in [0.5, 0.6) is 0 Å². The van der Waals surface area contributed by atoms with Gasteiger partial charge in [0.2, 0.25) is 11.8 Å². The number of nitro benzene ring substituents is 1. The standard InChI is InChI=1S/C24H21N5O6/c1-14-11-18-19(22(31)27(21(18)30)16-7-9-17(10-8-16)29(34)35)12-20(14)28-24(33)26(23(32)25-28)13-15-5-3-2-4-6-15/h2-11,18-20H,12-13H2,1H3,(H,25,32)/t18-,19+,20-/m0/s1. The summed E-state index contributed by atoms with van der Waals surface area (Å²) in [5.41, 5.74) is 0.498. The minimum atomic E-state index is -0.723. The van der Waals surface area contributed by atoms with Crippen molar-refractivity contribution in [2.75, 3.05) is 4.90 Å². The van der Waals surface area contributed by atoms with Gasteiger partial charge >= 0.3 is 11.4 Å². The number of carbonyl (C=O) groups excluding carboxylic acids is 2. The number of nitro groups is 1. The topological polar surface area (TPSA) is 140 Å². The second-order valence-corrected chi connectivity index (χ2v) is 8.72. The van der Waals surface area contributed by atoms with Crippen LogP contribution in [0.25, 0.3) is 0 Å². The Morgan fingerprint density at radius 1 is 1.00 bits per heavy atom. The summed E-state index contributed by atoms with van der Waals surface area (Å²) in [4.78, 5) is 63.4. The van der Waals surface area contributed by atoms with E-state index in [1.54, 1.807) is 13.0 Å². The number of nitrogens with one attached hydrogen (secondary N) is 1. The molecule has 2 heterocycles. The highest BCUT2D eigenvalue weighted by molar-refractivity contribution is 6.22. The molecule has 0 unspecified atom stereocenters. The first-order valence-corrected chi connectivity index (χ1v) is 11.0. The Morgan fingerprint density at radius 3 is 2.34 bits per heavy atom. The Labute approximate surface area is 198 Å². The molecule has 5 rings (SSSR count). The summed E-state index contributed by atoms with van der Waals surface area (Å²) in [6.45, 7) is 1.86. The fourth-order valence-electron chi connectivity index (χ4n) is 4.84. The maximum Gasteiger partial charge on any atom is 0.347 e. The van der Waals surface area contributed by atoms with Crippen molar-refractivity contribution >= 4 is 23.2 Å². The zero-order valence-corrected chi connectivity index (χ0v) is 18.7. The summed E-state index contributed by atoms with van der Waals surface area (Å²) >= 11 is 0. The van der Waals surface area contributed by atoms with Crippen LogP contribution < -0.4 is 16.3 Å². The molecule has 1 aliphatic heterocycles. The molecule has 1 aromatic heterocycles. The monoisotopic (exact) mass is 475 g/mol. The SMILES string of the molecule is CC1=C[C@@H]2C(=O)N(c3ccc([N+](=O)[O-])cc3)C(=O)[C@@H]2C[C@@H]1n1[nH]c(=O)n(Cc2ccccc2)c1=O. The third-order valence-corrected chi connectivity index (χ3v) is 6.63. The number of amides is 2. The number of non-ortho nitro benzene ring substituents is 1. The van der Waals surface area contributed by atoms with E-state index in [0.29, 0.717) is 5.57 Å². The number of anilines is 1. The molecular formula is C24H21N5O6. The normalized spacial score (nSPS) is 21.7. The number of rotatable bonds is 5. The zero-order chi connectivity index (χ0) is 24.9. The summed E-state index contributed by atoms with van der Waals surface area (Å²) in [7, 11) is 0. The second kappa shape index (κ2) is 8.35. The largest absolute Gasteiger partial charge is 0.347 e. The number of H-pyrrole nitrogens is 1. The molecule has 0 bridgehead atoms. The number of aromatic amines is 1. The third kappa shape index (κ3) is 3.70. The van der Waals surface area contributed by atoms with E-state index in [2.05, 4.69) is 5.10 Å². The van der Waals surface area contributed by atoms with E-state index in [1.165, 1.54) is 28.9 Å². The summed E-state index contributed by atoms with van der Waals surface area (Å²) in [6, 6.07) is 13.7. The highest BCUT2D eigenvalue weighted by Gasteiger charge is 2.50. The van der Waals surface area contributed by atoms with Crippen molar-refractivity contribution < 1.29 is 14.5 Å². The molecule has 3 atom stereocenters. The molecule has 2 aromatic carbocycles. The van der Waals surface area contributed by atoms with E-state index < -0.39 is 46.0 Å². The smallest absolute Gasteiger partial charge is 0.274 e. The van der Waals surface area contributed by atoms with Crippen LogP contribution in [0, 0.1) is 22.0 Å². The van der Waals surface area contributed by atoms with Crippen LogP contribution in [0.15, 0.2) is 75.8 Å². The number of hydrogen-bond acceptors (Lipinski definition) is 6. The van der Waals surface area contributed by atoms with E-state index in [1.807, 2.05) is 30.3 Å². The Balaban J connectivity index is 1.44. The number of aromatic nitrogens is 3. The molecular weight excluding hydrogens is 454 g/mol. The fraction of sp³-hybridized carbons (Fsp3) is 0.250. The zero-order valence-electron chi connectivity index (χ0n) is 18.7. The molecule has 11 heteroatoms. The number of hydrogen-bond donors (Lipinski definition) is 1. The third-order valence-electron chi connectivity index (χ3n) is 6.63. The molecule has 3 aromatic rings. The van der Waals surface area contributed by atoms with Crippen molar-refractivity contribution in [3.05, 3.63) is 103 Å². The van der Waals surface area contributed by atoms with Gasteiger partial charge in [-0.3, -0.25) is 19.7 Å². The van der Waals surface area contributed by atoms with Crippen LogP contribution >= 0.6 is 0 Å². The van der Waals surface area contributed by atoms with Gasteiger partial charge in [-0.1, -0.05) is 42.0 Å². The van der Waals surface area contributed by atoms with Crippen molar-refractivity contribution in [1.29, 1.82) is 0 Å². The molecule has 2 aliphatic rings. The van der Waals surface area contributed by atoms with Crippen LogP contribution in [-0.2, 0) is 16.1 Å². The maximum absolute atomic E-state index is 13.2. The molecule has 0 saturated carbocycles. The van der Waals surface area contributed by atoms with Crippen molar-refractivity contribution in [3.63, 3.8) is 0 Å². The molecule has 1 saturated heterocycles. The lowest BCUT2D eigenvalue weighted by Crippen LogP contribution is -2.35. The van der Waals surface area contributed by atoms with E-state index >= 15 is 0 Å². The van der Waals surface area contributed by atoms with E-state index in [4.69, 9.17) is 0 Å². The summed E-state index contributed by atoms with van der Waals surface area (Å²) in [5.74, 6) is -2.29. The minimum absolute atomic E-state index is 0.106. The average molecular weight is 475 g/mol. The van der Waals surface area contributed by atoms with Crippen LogP contribution in [0.1, 0.15) is 24.9 Å². The number of allylic oxidation sites excluding steroid dienone is 1. The van der Waals surface area contributed by atoms with E-state index in [0.717, 1.165) is 15.0 Å². The van der Waals surface area contributed by atoms with Gasteiger partial charge in [0.25, 0.3) is 5.69 Å². The summed E-state index contributed by atoms with van der Waals surface area (Å²) in [6.07, 6.45) is 1.83. The van der Waals surface area contributed by atoms with Crippen molar-refractivity contribution in [3.8, 4) is 0 Å². The van der Waals surface area contributed by atoms with Crippen LogP contribution in [-0.4, -0.2) is 31.1 Å². The number of nitrogens with zero attached hydrogens (tertiary/aromatic N) is 4.